The minimum absolute atomic E-state index is 0.0902. The zero-order chi connectivity index (χ0) is 10.8. The number of cyclic esters (lactones) is 1. The third-order valence-corrected chi connectivity index (χ3v) is 3.13. The molecule has 2 rings (SSSR count). The first-order valence-corrected chi connectivity index (χ1v) is 5.54. The van der Waals surface area contributed by atoms with Gasteiger partial charge in [0.05, 0.1) is 13.0 Å². The number of aromatic nitrogens is 2. The first-order valence-electron chi connectivity index (χ1n) is 5.14. The van der Waals surface area contributed by atoms with Crippen molar-refractivity contribution in [2.24, 2.45) is 5.92 Å². The fraction of sp³-hybridized carbons (Fsp3) is 0.600. The fourth-order valence-electron chi connectivity index (χ4n) is 2.14. The number of carbonyl (C=O) groups is 1. The van der Waals surface area contributed by atoms with Crippen LogP contribution in [0.1, 0.15) is 31.4 Å². The molecule has 2 N–H and O–H groups in total. The topological polar surface area (TPSA) is 57.9 Å². The molecule has 0 saturated carbocycles. The number of H-pyrrole nitrogens is 2. The molecule has 1 saturated heterocycles. The van der Waals surface area contributed by atoms with E-state index in [0.29, 0.717) is 23.7 Å². The van der Waals surface area contributed by atoms with Gasteiger partial charge in [0.25, 0.3) is 0 Å². The van der Waals surface area contributed by atoms with Crippen molar-refractivity contribution in [2.45, 2.75) is 25.7 Å². The van der Waals surface area contributed by atoms with Crippen molar-refractivity contribution in [1.29, 1.82) is 0 Å². The van der Waals surface area contributed by atoms with Crippen LogP contribution < -0.4 is 0 Å². The average Bonchev–Trinajstić information content (AvgIpc) is 2.78. The molecule has 1 aromatic rings. The first-order chi connectivity index (χ1) is 7.20. The molecule has 5 heteroatoms. The Bertz CT molecular complexity index is 410. The van der Waals surface area contributed by atoms with E-state index in [4.69, 9.17) is 17.0 Å². The van der Waals surface area contributed by atoms with Gasteiger partial charge in [-0.05, 0) is 18.6 Å². The Balaban J connectivity index is 2.17. The summed E-state index contributed by atoms with van der Waals surface area (Å²) >= 11 is 4.99. The molecule has 82 valence electrons. The molecular formula is C10H14N2O2S. The number of nitrogens with one attached hydrogen (secondary N) is 2. The second-order valence-electron chi connectivity index (χ2n) is 3.86. The molecule has 2 heterocycles. The van der Waals surface area contributed by atoms with Gasteiger partial charge >= 0.3 is 5.97 Å². The van der Waals surface area contributed by atoms with Crippen molar-refractivity contribution in [3.8, 4) is 0 Å². The summed E-state index contributed by atoms with van der Waals surface area (Å²) in [4.78, 5) is 17.1. The molecule has 1 aliphatic heterocycles. The number of hydrogen-bond acceptors (Lipinski definition) is 3. The van der Waals surface area contributed by atoms with Gasteiger partial charge in [-0.3, -0.25) is 4.79 Å². The van der Waals surface area contributed by atoms with Gasteiger partial charge in [-0.2, -0.15) is 0 Å². The maximum absolute atomic E-state index is 11.0. The van der Waals surface area contributed by atoms with Gasteiger partial charge in [-0.15, -0.1) is 0 Å². The molecule has 2 atom stereocenters. The lowest BCUT2D eigenvalue weighted by atomic mass is 9.87. The summed E-state index contributed by atoms with van der Waals surface area (Å²) in [5, 5.41) is 0. The molecular weight excluding hydrogens is 212 g/mol. The van der Waals surface area contributed by atoms with E-state index in [1.54, 1.807) is 0 Å². The normalized spacial score (nSPS) is 22.7. The van der Waals surface area contributed by atoms with Crippen LogP contribution in [0.5, 0.6) is 0 Å². The highest BCUT2D eigenvalue weighted by Crippen LogP contribution is 2.32. The van der Waals surface area contributed by atoms with Crippen molar-refractivity contribution >= 4 is 18.2 Å². The summed E-state index contributed by atoms with van der Waals surface area (Å²) < 4.78 is 5.62. The lowest BCUT2D eigenvalue weighted by molar-refractivity contribution is -0.137. The van der Waals surface area contributed by atoms with Gasteiger partial charge in [0, 0.05) is 23.7 Å². The molecule has 0 aliphatic carbocycles. The third-order valence-electron chi connectivity index (χ3n) is 2.91. The van der Waals surface area contributed by atoms with E-state index in [-0.39, 0.29) is 11.9 Å². The standard InChI is InChI=1S/C10H14N2O2S/c1-2-7(6-3-9(13)14-5-6)8-4-11-10(15)12-8/h4,6-7H,2-3,5H2,1H3,(H2,11,12,15). The van der Waals surface area contributed by atoms with E-state index < -0.39 is 0 Å². The largest absolute Gasteiger partial charge is 0.465 e. The highest BCUT2D eigenvalue weighted by Gasteiger charge is 2.31. The second-order valence-corrected chi connectivity index (χ2v) is 4.27. The minimum Gasteiger partial charge on any atom is -0.465 e. The number of aromatic amines is 2. The highest BCUT2D eigenvalue weighted by atomic mass is 32.1. The van der Waals surface area contributed by atoms with Gasteiger partial charge in [-0.25, -0.2) is 0 Å². The number of hydrogen-bond donors (Lipinski definition) is 2. The first kappa shape index (κ1) is 10.4. The van der Waals surface area contributed by atoms with E-state index >= 15 is 0 Å². The molecule has 0 aromatic carbocycles. The van der Waals surface area contributed by atoms with Crippen LogP contribution in [0.2, 0.25) is 0 Å². The maximum Gasteiger partial charge on any atom is 0.306 e. The van der Waals surface area contributed by atoms with E-state index in [0.717, 1.165) is 12.1 Å². The van der Waals surface area contributed by atoms with Crippen LogP contribution in [0.25, 0.3) is 0 Å². The van der Waals surface area contributed by atoms with E-state index in [9.17, 15) is 4.79 Å². The van der Waals surface area contributed by atoms with Crippen LogP contribution in [-0.2, 0) is 9.53 Å². The number of ether oxygens (including phenoxy) is 1. The smallest absolute Gasteiger partial charge is 0.306 e. The Morgan fingerprint density at radius 1 is 1.73 bits per heavy atom. The summed E-state index contributed by atoms with van der Waals surface area (Å²) in [5.41, 5.74) is 1.07. The average molecular weight is 226 g/mol. The molecule has 0 radical (unpaired) electrons. The van der Waals surface area contributed by atoms with Crippen molar-refractivity contribution in [1.82, 2.24) is 9.97 Å². The van der Waals surface area contributed by atoms with Crippen LogP contribution in [0, 0.1) is 10.7 Å². The maximum atomic E-state index is 11.0. The van der Waals surface area contributed by atoms with Crippen LogP contribution in [0.3, 0.4) is 0 Å². The summed E-state index contributed by atoms with van der Waals surface area (Å²) in [6.07, 6.45) is 3.38. The van der Waals surface area contributed by atoms with Crippen LogP contribution >= 0.6 is 12.2 Å². The summed E-state index contributed by atoms with van der Waals surface area (Å²) in [7, 11) is 0. The predicted molar refractivity (Wildman–Crippen MR) is 58.1 cm³/mol. The Labute approximate surface area is 93.0 Å². The summed E-state index contributed by atoms with van der Waals surface area (Å²) in [5.74, 6) is 0.515. The summed E-state index contributed by atoms with van der Waals surface area (Å²) in [6, 6.07) is 0. The van der Waals surface area contributed by atoms with Crippen LogP contribution in [0.4, 0.5) is 0 Å². The molecule has 2 unspecified atom stereocenters. The molecule has 1 fully saturated rings. The predicted octanol–water partition coefficient (Wildman–Crippen LogP) is 2.13. The van der Waals surface area contributed by atoms with Gasteiger partial charge in [-0.1, -0.05) is 6.92 Å². The Kier molecular flexibility index (Phi) is 2.90. The zero-order valence-corrected chi connectivity index (χ0v) is 9.39. The SMILES string of the molecule is CCC(c1c[nH]c(=S)[nH]1)C1COC(=O)C1. The summed E-state index contributed by atoms with van der Waals surface area (Å²) in [6.45, 7) is 2.64. The molecule has 0 amide bonds. The number of imidazole rings is 1. The van der Waals surface area contributed by atoms with Gasteiger partial charge in [0.1, 0.15) is 0 Å². The number of carbonyl (C=O) groups excluding carboxylic acids is 1. The lowest BCUT2D eigenvalue weighted by Gasteiger charge is -2.17. The number of rotatable bonds is 3. The van der Waals surface area contributed by atoms with Crippen molar-refractivity contribution in [3.63, 3.8) is 0 Å². The van der Waals surface area contributed by atoms with Gasteiger partial charge < -0.3 is 14.7 Å². The van der Waals surface area contributed by atoms with Crippen molar-refractivity contribution in [2.75, 3.05) is 6.61 Å². The molecule has 1 aromatic heterocycles. The minimum atomic E-state index is -0.0902. The molecule has 4 nitrogen and oxygen atoms in total. The fourth-order valence-corrected chi connectivity index (χ4v) is 2.32. The van der Waals surface area contributed by atoms with Gasteiger partial charge in [0.15, 0.2) is 4.77 Å². The molecule has 15 heavy (non-hydrogen) atoms. The lowest BCUT2D eigenvalue weighted by Crippen LogP contribution is -2.12. The van der Waals surface area contributed by atoms with Crippen LogP contribution in [-0.4, -0.2) is 22.5 Å². The molecule has 0 bridgehead atoms. The quantitative estimate of drug-likeness (QED) is 0.613. The highest BCUT2D eigenvalue weighted by molar-refractivity contribution is 7.71. The van der Waals surface area contributed by atoms with Crippen molar-refractivity contribution < 1.29 is 9.53 Å². The van der Waals surface area contributed by atoms with Crippen molar-refractivity contribution in [3.05, 3.63) is 16.7 Å². The van der Waals surface area contributed by atoms with Crippen LogP contribution in [0.15, 0.2) is 6.20 Å². The van der Waals surface area contributed by atoms with Gasteiger partial charge in [0.2, 0.25) is 0 Å². The molecule has 1 aliphatic rings. The zero-order valence-electron chi connectivity index (χ0n) is 8.58. The Morgan fingerprint density at radius 2 is 2.53 bits per heavy atom. The monoisotopic (exact) mass is 226 g/mol. The molecule has 0 spiro atoms. The van der Waals surface area contributed by atoms with E-state index in [2.05, 4.69) is 16.9 Å². The van der Waals surface area contributed by atoms with E-state index in [1.165, 1.54) is 0 Å². The Morgan fingerprint density at radius 3 is 3.00 bits per heavy atom. The second kappa shape index (κ2) is 4.18. The third kappa shape index (κ3) is 2.12. The number of esters is 1. The van der Waals surface area contributed by atoms with E-state index in [1.807, 2.05) is 6.20 Å². The Hall–Kier alpha value is -1.10.